The number of rotatable bonds is 3. The van der Waals surface area contributed by atoms with Crippen molar-refractivity contribution in [2.75, 3.05) is 26.8 Å². The van der Waals surface area contributed by atoms with Gasteiger partial charge in [0.05, 0.1) is 12.7 Å². The van der Waals surface area contributed by atoms with Gasteiger partial charge in [-0.2, -0.15) is 0 Å². The van der Waals surface area contributed by atoms with E-state index in [2.05, 4.69) is 0 Å². The molecule has 1 aliphatic heterocycles. The Morgan fingerprint density at radius 3 is 2.54 bits per heavy atom. The van der Waals surface area contributed by atoms with Crippen LogP contribution in [0, 0.1) is 0 Å². The molecule has 1 aliphatic rings. The molecule has 0 aromatic heterocycles. The molecule has 1 rings (SSSR count). The summed E-state index contributed by atoms with van der Waals surface area (Å²) in [5.74, 6) is 0. The fraction of sp³-hybridized carbons (Fsp3) is 1.00. The third-order valence-corrected chi connectivity index (χ3v) is 2.15. The minimum Gasteiger partial charge on any atom is -0.377 e. The Morgan fingerprint density at radius 1 is 1.54 bits per heavy atom. The Labute approximate surface area is 77.2 Å². The third kappa shape index (κ3) is 2.87. The SMILES string of the molecule is CN1C[C@H](O)N(C[C@H](N)C(O)O)C1. The van der Waals surface area contributed by atoms with Gasteiger partial charge in [-0.25, -0.2) is 0 Å². The first-order chi connectivity index (χ1) is 6.00. The quantitative estimate of drug-likeness (QED) is 0.359. The number of β-amino-alcohol motifs (C(OH)–C–C–N with tert-alkyl or cyclic N) is 1. The molecule has 0 amide bonds. The van der Waals surface area contributed by atoms with Crippen LogP contribution >= 0.6 is 0 Å². The molecule has 0 spiro atoms. The largest absolute Gasteiger partial charge is 0.377 e. The zero-order valence-electron chi connectivity index (χ0n) is 7.67. The summed E-state index contributed by atoms with van der Waals surface area (Å²) in [6.07, 6.45) is -2.09. The molecule has 0 saturated carbocycles. The molecule has 0 aromatic rings. The Kier molecular flexibility index (Phi) is 3.60. The van der Waals surface area contributed by atoms with Gasteiger partial charge in [0.25, 0.3) is 0 Å². The van der Waals surface area contributed by atoms with Crippen LogP contribution < -0.4 is 5.73 Å². The van der Waals surface area contributed by atoms with Crippen molar-refractivity contribution < 1.29 is 15.3 Å². The van der Waals surface area contributed by atoms with Crippen LogP contribution in [-0.4, -0.2) is 70.5 Å². The van der Waals surface area contributed by atoms with E-state index >= 15 is 0 Å². The Hall–Kier alpha value is -0.240. The molecule has 5 N–H and O–H groups in total. The van der Waals surface area contributed by atoms with Crippen LogP contribution in [0.25, 0.3) is 0 Å². The van der Waals surface area contributed by atoms with Gasteiger partial charge in [-0.15, -0.1) is 0 Å². The van der Waals surface area contributed by atoms with E-state index in [1.807, 2.05) is 11.9 Å². The van der Waals surface area contributed by atoms with E-state index < -0.39 is 18.6 Å². The highest BCUT2D eigenvalue weighted by Gasteiger charge is 2.28. The van der Waals surface area contributed by atoms with Crippen molar-refractivity contribution in [2.24, 2.45) is 5.73 Å². The number of aliphatic hydroxyl groups excluding tert-OH is 2. The van der Waals surface area contributed by atoms with Crippen LogP contribution in [-0.2, 0) is 0 Å². The minimum atomic E-state index is -1.53. The van der Waals surface area contributed by atoms with E-state index in [0.717, 1.165) is 0 Å². The second-order valence-corrected chi connectivity index (χ2v) is 3.51. The summed E-state index contributed by atoms with van der Waals surface area (Å²) in [6, 6.07) is -0.735. The number of aliphatic hydroxyl groups is 3. The molecule has 0 unspecified atom stereocenters. The average Bonchev–Trinajstić information content (AvgIpc) is 2.30. The lowest BCUT2D eigenvalue weighted by molar-refractivity contribution is -0.0719. The Bertz CT molecular complexity index is 167. The molecule has 1 saturated heterocycles. The molecule has 6 heteroatoms. The van der Waals surface area contributed by atoms with E-state index in [0.29, 0.717) is 13.2 Å². The summed E-state index contributed by atoms with van der Waals surface area (Å²) >= 11 is 0. The lowest BCUT2D eigenvalue weighted by atomic mass is 10.3. The van der Waals surface area contributed by atoms with Crippen LogP contribution in [0.1, 0.15) is 0 Å². The predicted molar refractivity (Wildman–Crippen MR) is 46.4 cm³/mol. The lowest BCUT2D eigenvalue weighted by Gasteiger charge is -2.23. The molecular formula is C7H17N3O3. The molecule has 0 bridgehead atoms. The van der Waals surface area contributed by atoms with Gasteiger partial charge in [0.15, 0.2) is 6.29 Å². The van der Waals surface area contributed by atoms with Crippen molar-refractivity contribution in [3.8, 4) is 0 Å². The average molecular weight is 191 g/mol. The number of hydrogen-bond donors (Lipinski definition) is 4. The molecule has 1 heterocycles. The highest BCUT2D eigenvalue weighted by atomic mass is 16.5. The molecule has 13 heavy (non-hydrogen) atoms. The first-order valence-corrected chi connectivity index (χ1v) is 4.23. The maximum atomic E-state index is 9.46. The molecular weight excluding hydrogens is 174 g/mol. The van der Waals surface area contributed by atoms with Crippen molar-refractivity contribution in [3.63, 3.8) is 0 Å². The van der Waals surface area contributed by atoms with Crippen molar-refractivity contribution in [3.05, 3.63) is 0 Å². The minimum absolute atomic E-state index is 0.281. The van der Waals surface area contributed by atoms with Gasteiger partial charge in [-0.05, 0) is 7.05 Å². The van der Waals surface area contributed by atoms with Crippen LogP contribution in [0.15, 0.2) is 0 Å². The smallest absolute Gasteiger partial charge is 0.168 e. The summed E-state index contributed by atoms with van der Waals surface area (Å²) in [7, 11) is 1.88. The molecule has 78 valence electrons. The highest BCUT2D eigenvalue weighted by Crippen LogP contribution is 2.09. The topological polar surface area (TPSA) is 93.2 Å². The third-order valence-electron chi connectivity index (χ3n) is 2.15. The maximum absolute atomic E-state index is 9.46. The lowest BCUT2D eigenvalue weighted by Crippen LogP contribution is -2.47. The van der Waals surface area contributed by atoms with Gasteiger partial charge >= 0.3 is 0 Å². The molecule has 6 nitrogen and oxygen atoms in total. The highest BCUT2D eigenvalue weighted by molar-refractivity contribution is 4.77. The fourth-order valence-corrected chi connectivity index (χ4v) is 1.40. The van der Waals surface area contributed by atoms with Crippen molar-refractivity contribution in [1.29, 1.82) is 0 Å². The monoisotopic (exact) mass is 191 g/mol. The first-order valence-electron chi connectivity index (χ1n) is 4.23. The van der Waals surface area contributed by atoms with Gasteiger partial charge in [0.2, 0.25) is 0 Å². The Balaban J connectivity index is 2.36. The van der Waals surface area contributed by atoms with Gasteiger partial charge in [0.1, 0.15) is 6.23 Å². The molecule has 2 atom stereocenters. The van der Waals surface area contributed by atoms with Gasteiger partial charge < -0.3 is 21.1 Å². The predicted octanol–water partition coefficient (Wildman–Crippen LogP) is -2.85. The van der Waals surface area contributed by atoms with E-state index in [4.69, 9.17) is 15.9 Å². The van der Waals surface area contributed by atoms with Gasteiger partial charge in [-0.1, -0.05) is 0 Å². The van der Waals surface area contributed by atoms with Gasteiger partial charge in [-0.3, -0.25) is 9.80 Å². The zero-order valence-corrected chi connectivity index (χ0v) is 7.67. The Morgan fingerprint density at radius 2 is 2.15 bits per heavy atom. The second-order valence-electron chi connectivity index (χ2n) is 3.51. The standard InChI is InChI=1S/C7H17N3O3/c1-9-3-6(11)10(4-9)2-5(8)7(12)13/h5-7,11-13H,2-4,8H2,1H3/t5-,6-/m0/s1. The van der Waals surface area contributed by atoms with Gasteiger partial charge in [0, 0.05) is 13.1 Å². The summed E-state index contributed by atoms with van der Waals surface area (Å²) in [5.41, 5.74) is 5.43. The summed E-state index contributed by atoms with van der Waals surface area (Å²) in [5, 5.41) is 26.9. The van der Waals surface area contributed by atoms with Crippen molar-refractivity contribution >= 4 is 0 Å². The van der Waals surface area contributed by atoms with Crippen LogP contribution in [0.3, 0.4) is 0 Å². The number of likely N-dealkylation sites (N-methyl/N-ethyl adjacent to an activating group) is 1. The summed E-state index contributed by atoms with van der Waals surface area (Å²) in [4.78, 5) is 3.63. The maximum Gasteiger partial charge on any atom is 0.168 e. The molecule has 0 aromatic carbocycles. The van der Waals surface area contributed by atoms with E-state index in [1.54, 1.807) is 4.90 Å². The molecule has 1 fully saturated rings. The van der Waals surface area contributed by atoms with E-state index in [9.17, 15) is 5.11 Å². The summed E-state index contributed by atoms with van der Waals surface area (Å²) in [6.45, 7) is 1.44. The molecule has 0 radical (unpaired) electrons. The number of hydrogen-bond acceptors (Lipinski definition) is 6. The van der Waals surface area contributed by atoms with E-state index in [1.165, 1.54) is 0 Å². The fourth-order valence-electron chi connectivity index (χ4n) is 1.40. The molecule has 0 aliphatic carbocycles. The van der Waals surface area contributed by atoms with Crippen molar-refractivity contribution in [1.82, 2.24) is 9.80 Å². The zero-order chi connectivity index (χ0) is 10.0. The van der Waals surface area contributed by atoms with Crippen molar-refractivity contribution in [2.45, 2.75) is 18.6 Å². The van der Waals surface area contributed by atoms with E-state index in [-0.39, 0.29) is 6.54 Å². The second kappa shape index (κ2) is 4.32. The normalized spacial score (nSPS) is 28.6. The first kappa shape index (κ1) is 10.8. The summed E-state index contributed by atoms with van der Waals surface area (Å²) < 4.78 is 0. The number of nitrogens with zero attached hydrogens (tertiary/aromatic N) is 2. The van der Waals surface area contributed by atoms with Crippen LogP contribution in [0.5, 0.6) is 0 Å². The van der Waals surface area contributed by atoms with Crippen LogP contribution in [0.2, 0.25) is 0 Å². The van der Waals surface area contributed by atoms with Crippen LogP contribution in [0.4, 0.5) is 0 Å². The number of nitrogens with two attached hydrogens (primary N) is 1.